The first kappa shape index (κ1) is 15.3. The summed E-state index contributed by atoms with van der Waals surface area (Å²) in [6.07, 6.45) is 1.90. The van der Waals surface area contributed by atoms with Crippen LogP contribution in [0.15, 0.2) is 48.5 Å². The van der Waals surface area contributed by atoms with Gasteiger partial charge in [-0.2, -0.15) is 0 Å². The molecule has 0 atom stereocenters. The van der Waals surface area contributed by atoms with Crippen molar-refractivity contribution >= 4 is 5.97 Å². The summed E-state index contributed by atoms with van der Waals surface area (Å²) in [6.45, 7) is 3.05. The molecule has 110 valence electrons. The van der Waals surface area contributed by atoms with E-state index in [-0.39, 0.29) is 5.97 Å². The van der Waals surface area contributed by atoms with E-state index in [1.807, 2.05) is 42.5 Å². The van der Waals surface area contributed by atoms with Crippen molar-refractivity contribution in [2.45, 2.75) is 26.3 Å². The second-order valence-corrected chi connectivity index (χ2v) is 4.94. The Labute approximate surface area is 125 Å². The van der Waals surface area contributed by atoms with Crippen LogP contribution < -0.4 is 5.73 Å². The molecule has 3 nitrogen and oxygen atoms in total. The number of unbranched alkanes of at least 4 members (excludes halogenated alkanes) is 1. The van der Waals surface area contributed by atoms with Gasteiger partial charge >= 0.3 is 5.97 Å². The second kappa shape index (κ2) is 7.60. The topological polar surface area (TPSA) is 52.3 Å². The largest absolute Gasteiger partial charge is 0.462 e. The summed E-state index contributed by atoms with van der Waals surface area (Å²) in [7, 11) is 0. The van der Waals surface area contributed by atoms with Gasteiger partial charge in [-0.25, -0.2) is 4.79 Å². The molecule has 3 heteroatoms. The van der Waals surface area contributed by atoms with Crippen molar-refractivity contribution in [3.05, 3.63) is 59.7 Å². The third-order valence-corrected chi connectivity index (χ3v) is 3.38. The van der Waals surface area contributed by atoms with Crippen LogP contribution in [0.25, 0.3) is 11.1 Å². The lowest BCUT2D eigenvalue weighted by Crippen LogP contribution is -2.07. The Morgan fingerprint density at radius 3 is 2.48 bits per heavy atom. The van der Waals surface area contributed by atoms with Crippen molar-refractivity contribution in [1.82, 2.24) is 0 Å². The number of carbonyl (C=O) groups is 1. The summed E-state index contributed by atoms with van der Waals surface area (Å²) in [6, 6.07) is 15.5. The number of benzene rings is 2. The van der Waals surface area contributed by atoms with E-state index in [0.717, 1.165) is 29.5 Å². The number of ether oxygens (including phenoxy) is 1. The van der Waals surface area contributed by atoms with E-state index in [1.165, 1.54) is 0 Å². The third-order valence-electron chi connectivity index (χ3n) is 3.38. The Hall–Kier alpha value is -2.13. The monoisotopic (exact) mass is 283 g/mol. The van der Waals surface area contributed by atoms with Gasteiger partial charge < -0.3 is 10.5 Å². The van der Waals surface area contributed by atoms with Gasteiger partial charge in [0.05, 0.1) is 12.2 Å². The van der Waals surface area contributed by atoms with Gasteiger partial charge in [-0.15, -0.1) is 0 Å². The van der Waals surface area contributed by atoms with Gasteiger partial charge in [0.25, 0.3) is 0 Å². The first-order chi connectivity index (χ1) is 10.3. The van der Waals surface area contributed by atoms with E-state index in [0.29, 0.717) is 18.7 Å². The molecule has 0 amide bonds. The van der Waals surface area contributed by atoms with Gasteiger partial charge in [0.2, 0.25) is 0 Å². The first-order valence-corrected chi connectivity index (χ1v) is 7.31. The summed E-state index contributed by atoms with van der Waals surface area (Å²) in [5.41, 5.74) is 9.17. The highest BCUT2D eigenvalue weighted by Crippen LogP contribution is 2.24. The Kier molecular flexibility index (Phi) is 5.52. The molecule has 2 N–H and O–H groups in total. The Bertz CT molecular complexity index is 590. The molecule has 0 unspecified atom stereocenters. The maximum absolute atomic E-state index is 12.2. The number of rotatable bonds is 6. The first-order valence-electron chi connectivity index (χ1n) is 7.31. The van der Waals surface area contributed by atoms with E-state index < -0.39 is 0 Å². The Balaban J connectivity index is 2.25. The summed E-state index contributed by atoms with van der Waals surface area (Å²) in [5.74, 6) is -0.262. The van der Waals surface area contributed by atoms with Crippen molar-refractivity contribution in [3.63, 3.8) is 0 Å². The van der Waals surface area contributed by atoms with Gasteiger partial charge in [0.1, 0.15) is 0 Å². The average molecular weight is 283 g/mol. The van der Waals surface area contributed by atoms with Crippen molar-refractivity contribution in [1.29, 1.82) is 0 Å². The molecular weight excluding hydrogens is 262 g/mol. The summed E-state index contributed by atoms with van der Waals surface area (Å²) in [4.78, 5) is 12.2. The van der Waals surface area contributed by atoms with Crippen LogP contribution in [-0.4, -0.2) is 12.6 Å². The van der Waals surface area contributed by atoms with Crippen molar-refractivity contribution < 1.29 is 9.53 Å². The van der Waals surface area contributed by atoms with Gasteiger partial charge in [-0.1, -0.05) is 55.8 Å². The molecule has 0 radical (unpaired) electrons. The normalized spacial score (nSPS) is 10.4. The highest BCUT2D eigenvalue weighted by molar-refractivity contribution is 5.97. The smallest absolute Gasteiger partial charge is 0.338 e. The summed E-state index contributed by atoms with van der Waals surface area (Å²) < 4.78 is 5.32. The number of esters is 1. The van der Waals surface area contributed by atoms with Crippen LogP contribution in [0.5, 0.6) is 0 Å². The molecular formula is C18H21NO2. The molecule has 0 aliphatic heterocycles. The fourth-order valence-corrected chi connectivity index (χ4v) is 2.12. The highest BCUT2D eigenvalue weighted by Gasteiger charge is 2.13. The summed E-state index contributed by atoms with van der Waals surface area (Å²) >= 11 is 0. The Morgan fingerprint density at radius 1 is 1.10 bits per heavy atom. The lowest BCUT2D eigenvalue weighted by atomic mass is 9.99. The van der Waals surface area contributed by atoms with Crippen LogP contribution in [0.1, 0.15) is 35.7 Å². The number of hydrogen-bond acceptors (Lipinski definition) is 3. The average Bonchev–Trinajstić information content (AvgIpc) is 2.55. The maximum atomic E-state index is 12.2. The molecule has 0 aliphatic carbocycles. The van der Waals surface area contributed by atoms with E-state index in [9.17, 15) is 4.79 Å². The van der Waals surface area contributed by atoms with E-state index in [1.54, 1.807) is 6.07 Å². The predicted molar refractivity (Wildman–Crippen MR) is 85.0 cm³/mol. The molecule has 0 spiro atoms. The number of carbonyl (C=O) groups excluding carboxylic acids is 1. The van der Waals surface area contributed by atoms with Crippen LogP contribution in [0, 0.1) is 0 Å². The van der Waals surface area contributed by atoms with Crippen molar-refractivity contribution in [2.24, 2.45) is 5.73 Å². The second-order valence-electron chi connectivity index (χ2n) is 4.94. The molecule has 2 aromatic carbocycles. The standard InChI is InChI=1S/C18H21NO2/c1-2-3-12-21-18(20)17-7-5-4-6-16(17)15-10-8-14(13-19)9-11-15/h4-11H,2-3,12-13,19H2,1H3. The SMILES string of the molecule is CCCCOC(=O)c1ccccc1-c1ccc(CN)cc1. The van der Waals surface area contributed by atoms with Crippen molar-refractivity contribution in [2.75, 3.05) is 6.61 Å². The van der Waals surface area contributed by atoms with E-state index >= 15 is 0 Å². The molecule has 0 heterocycles. The van der Waals surface area contributed by atoms with E-state index in [4.69, 9.17) is 10.5 Å². The minimum Gasteiger partial charge on any atom is -0.462 e. The lowest BCUT2D eigenvalue weighted by molar-refractivity contribution is 0.0500. The molecule has 21 heavy (non-hydrogen) atoms. The number of hydrogen-bond donors (Lipinski definition) is 1. The van der Waals surface area contributed by atoms with Crippen molar-refractivity contribution in [3.8, 4) is 11.1 Å². The van der Waals surface area contributed by atoms with Gasteiger partial charge in [0, 0.05) is 6.54 Å². The van der Waals surface area contributed by atoms with Gasteiger partial charge in [-0.3, -0.25) is 0 Å². The zero-order chi connectivity index (χ0) is 15.1. The molecule has 0 fully saturated rings. The fourth-order valence-electron chi connectivity index (χ4n) is 2.12. The molecule has 0 aliphatic rings. The zero-order valence-corrected chi connectivity index (χ0v) is 12.3. The molecule has 2 aromatic rings. The predicted octanol–water partition coefficient (Wildman–Crippen LogP) is 3.77. The molecule has 0 aromatic heterocycles. The fraction of sp³-hybridized carbons (Fsp3) is 0.278. The van der Waals surface area contributed by atoms with Gasteiger partial charge in [-0.05, 0) is 29.2 Å². The Morgan fingerprint density at radius 2 is 1.81 bits per heavy atom. The van der Waals surface area contributed by atoms with Gasteiger partial charge in [0.15, 0.2) is 0 Å². The molecule has 0 saturated heterocycles. The third kappa shape index (κ3) is 3.92. The molecule has 0 saturated carbocycles. The number of nitrogens with two attached hydrogens (primary N) is 1. The van der Waals surface area contributed by atoms with Crippen LogP contribution in [0.3, 0.4) is 0 Å². The van der Waals surface area contributed by atoms with Crippen LogP contribution in [0.4, 0.5) is 0 Å². The van der Waals surface area contributed by atoms with E-state index in [2.05, 4.69) is 6.92 Å². The highest BCUT2D eigenvalue weighted by atomic mass is 16.5. The molecule has 0 bridgehead atoms. The zero-order valence-electron chi connectivity index (χ0n) is 12.3. The minimum atomic E-state index is -0.262. The lowest BCUT2D eigenvalue weighted by Gasteiger charge is -2.10. The molecule has 2 rings (SSSR count). The maximum Gasteiger partial charge on any atom is 0.338 e. The summed E-state index contributed by atoms with van der Waals surface area (Å²) in [5, 5.41) is 0. The van der Waals surface area contributed by atoms with Crippen LogP contribution in [-0.2, 0) is 11.3 Å². The quantitative estimate of drug-likeness (QED) is 0.648. The van der Waals surface area contributed by atoms with Crippen LogP contribution in [0.2, 0.25) is 0 Å². The minimum absolute atomic E-state index is 0.262. The van der Waals surface area contributed by atoms with Crippen LogP contribution >= 0.6 is 0 Å².